The zero-order valence-corrected chi connectivity index (χ0v) is 10.1. The van der Waals surface area contributed by atoms with Crippen molar-refractivity contribution in [3.63, 3.8) is 0 Å². The molecule has 0 amide bonds. The summed E-state index contributed by atoms with van der Waals surface area (Å²) in [6.45, 7) is 4.06. The average Bonchev–Trinajstić information content (AvgIpc) is 2.64. The summed E-state index contributed by atoms with van der Waals surface area (Å²) in [4.78, 5) is 0. The molecule has 0 fully saturated rings. The first-order valence-electron chi connectivity index (χ1n) is 5.63. The number of hydrogen-bond acceptors (Lipinski definition) is 2. The van der Waals surface area contributed by atoms with Crippen molar-refractivity contribution in [3.05, 3.63) is 53.4 Å². The Kier molecular flexibility index (Phi) is 3.40. The summed E-state index contributed by atoms with van der Waals surface area (Å²) in [5.74, 6) is 0. The van der Waals surface area contributed by atoms with Crippen molar-refractivity contribution in [2.24, 2.45) is 0 Å². The van der Waals surface area contributed by atoms with Crippen LogP contribution in [-0.2, 0) is 0 Å². The zero-order chi connectivity index (χ0) is 12.3. The summed E-state index contributed by atoms with van der Waals surface area (Å²) in [5.41, 5.74) is 4.18. The fourth-order valence-electron chi connectivity index (χ4n) is 1.89. The third-order valence-electron chi connectivity index (χ3n) is 2.74. The smallest absolute Gasteiger partial charge is 0.0673 e. The molecule has 0 saturated heterocycles. The molecule has 88 valence electrons. The fraction of sp³-hybridized carbons (Fsp3) is 0.214. The molecule has 0 atom stereocenters. The largest absolute Gasteiger partial charge is 0.392 e. The molecule has 0 bridgehead atoms. The third-order valence-corrected chi connectivity index (χ3v) is 2.74. The highest BCUT2D eigenvalue weighted by molar-refractivity contribution is 5.56. The number of aromatic nitrogens is 2. The quantitative estimate of drug-likeness (QED) is 0.876. The Hall–Kier alpha value is -1.87. The van der Waals surface area contributed by atoms with Gasteiger partial charge in [0.2, 0.25) is 0 Å². The Bertz CT molecular complexity index is 527. The molecular weight excluding hydrogens is 212 g/mol. The molecule has 1 aromatic heterocycles. The first-order valence-corrected chi connectivity index (χ1v) is 5.63. The number of aliphatic hydroxyl groups excluding tert-OH is 1. The molecule has 17 heavy (non-hydrogen) atoms. The molecule has 0 saturated carbocycles. The summed E-state index contributed by atoms with van der Waals surface area (Å²) < 4.78 is 1.92. The van der Waals surface area contributed by atoms with Gasteiger partial charge in [0.05, 0.1) is 18.0 Å². The van der Waals surface area contributed by atoms with Crippen molar-refractivity contribution in [1.29, 1.82) is 0 Å². The molecule has 0 unspecified atom stereocenters. The van der Waals surface area contributed by atoms with Crippen molar-refractivity contribution in [2.45, 2.75) is 13.8 Å². The summed E-state index contributed by atoms with van der Waals surface area (Å²) in [7, 11) is 0. The summed E-state index contributed by atoms with van der Waals surface area (Å²) in [6.07, 6.45) is 3.64. The van der Waals surface area contributed by atoms with Gasteiger partial charge in [-0.1, -0.05) is 30.4 Å². The molecule has 1 heterocycles. The number of nitrogens with zero attached hydrogens (tertiary/aromatic N) is 2. The topological polar surface area (TPSA) is 38.0 Å². The molecule has 2 aromatic rings. The molecule has 3 nitrogen and oxygen atoms in total. The molecule has 0 aliphatic heterocycles. The van der Waals surface area contributed by atoms with Crippen molar-refractivity contribution >= 4 is 6.08 Å². The first-order chi connectivity index (χ1) is 8.24. The van der Waals surface area contributed by atoms with E-state index in [0.29, 0.717) is 0 Å². The first kappa shape index (κ1) is 11.6. The normalized spacial score (nSPS) is 11.2. The molecule has 3 heteroatoms. The monoisotopic (exact) mass is 228 g/mol. The van der Waals surface area contributed by atoms with Crippen LogP contribution in [0.25, 0.3) is 11.8 Å². The maximum absolute atomic E-state index is 8.82. The van der Waals surface area contributed by atoms with Gasteiger partial charge in [-0.25, -0.2) is 4.68 Å². The van der Waals surface area contributed by atoms with Crippen molar-refractivity contribution in [3.8, 4) is 5.69 Å². The summed E-state index contributed by atoms with van der Waals surface area (Å²) in [6, 6.07) is 10.0. The van der Waals surface area contributed by atoms with Gasteiger partial charge >= 0.3 is 0 Å². The van der Waals surface area contributed by atoms with Gasteiger partial charge in [0.25, 0.3) is 0 Å². The highest BCUT2D eigenvalue weighted by atomic mass is 16.2. The van der Waals surface area contributed by atoms with E-state index >= 15 is 0 Å². The minimum atomic E-state index is 0.0510. The number of para-hydroxylation sites is 1. The van der Waals surface area contributed by atoms with Crippen LogP contribution in [0.15, 0.2) is 36.4 Å². The maximum Gasteiger partial charge on any atom is 0.0673 e. The van der Waals surface area contributed by atoms with Crippen LogP contribution in [0, 0.1) is 13.8 Å². The van der Waals surface area contributed by atoms with Gasteiger partial charge in [-0.05, 0) is 26.0 Å². The van der Waals surface area contributed by atoms with Gasteiger partial charge in [-0.3, -0.25) is 0 Å². The van der Waals surface area contributed by atoms with Gasteiger partial charge in [-0.15, -0.1) is 0 Å². The SMILES string of the molecule is Cc1nn(-c2ccccc2)c(C)c1C=CCO. The fourth-order valence-corrected chi connectivity index (χ4v) is 1.89. The number of aryl methyl sites for hydroxylation is 1. The van der Waals surface area contributed by atoms with E-state index in [4.69, 9.17) is 5.11 Å². The van der Waals surface area contributed by atoms with Gasteiger partial charge < -0.3 is 5.11 Å². The van der Waals surface area contributed by atoms with Crippen LogP contribution >= 0.6 is 0 Å². The molecule has 1 aromatic carbocycles. The third kappa shape index (κ3) is 2.29. The second-order valence-corrected chi connectivity index (χ2v) is 3.92. The second-order valence-electron chi connectivity index (χ2n) is 3.92. The Labute approximate surface area is 101 Å². The van der Waals surface area contributed by atoms with E-state index in [1.165, 1.54) is 0 Å². The van der Waals surface area contributed by atoms with Gasteiger partial charge in [-0.2, -0.15) is 5.10 Å². The van der Waals surface area contributed by atoms with Crippen molar-refractivity contribution < 1.29 is 5.11 Å². The number of benzene rings is 1. The molecule has 0 aliphatic rings. The standard InChI is InChI=1S/C14H16N2O/c1-11-14(9-6-10-17)12(2)16(15-11)13-7-4-3-5-8-13/h3-9,17H,10H2,1-2H3. The molecule has 2 rings (SSSR count). The Morgan fingerprint density at radius 2 is 1.94 bits per heavy atom. The zero-order valence-electron chi connectivity index (χ0n) is 10.1. The Balaban J connectivity index is 2.48. The Morgan fingerprint density at radius 3 is 2.59 bits per heavy atom. The predicted octanol–water partition coefficient (Wildman–Crippen LogP) is 2.49. The molecule has 0 aliphatic carbocycles. The van der Waals surface area contributed by atoms with Crippen LogP contribution in [0.3, 0.4) is 0 Å². The highest BCUT2D eigenvalue weighted by Crippen LogP contribution is 2.18. The lowest BCUT2D eigenvalue weighted by Crippen LogP contribution is -1.98. The van der Waals surface area contributed by atoms with Crippen molar-refractivity contribution in [1.82, 2.24) is 9.78 Å². The van der Waals surface area contributed by atoms with E-state index in [1.807, 2.05) is 54.9 Å². The highest BCUT2D eigenvalue weighted by Gasteiger charge is 2.09. The van der Waals surface area contributed by atoms with Crippen LogP contribution in [0.1, 0.15) is 17.0 Å². The van der Waals surface area contributed by atoms with Gasteiger partial charge in [0.15, 0.2) is 0 Å². The van der Waals surface area contributed by atoms with Gasteiger partial charge in [0.1, 0.15) is 0 Å². The minimum absolute atomic E-state index is 0.0510. The molecule has 1 N–H and O–H groups in total. The van der Waals surface area contributed by atoms with Gasteiger partial charge in [0, 0.05) is 11.3 Å². The lowest BCUT2D eigenvalue weighted by molar-refractivity contribution is 0.343. The van der Waals surface area contributed by atoms with Crippen molar-refractivity contribution in [2.75, 3.05) is 6.61 Å². The lowest BCUT2D eigenvalue weighted by atomic mass is 10.2. The molecule has 0 spiro atoms. The van der Waals surface area contributed by atoms with E-state index in [1.54, 1.807) is 6.08 Å². The molecule has 0 radical (unpaired) electrons. The van der Waals surface area contributed by atoms with E-state index < -0.39 is 0 Å². The average molecular weight is 228 g/mol. The number of hydrogen-bond donors (Lipinski definition) is 1. The Morgan fingerprint density at radius 1 is 1.24 bits per heavy atom. The second kappa shape index (κ2) is 4.97. The number of aliphatic hydroxyl groups is 1. The van der Waals surface area contributed by atoms with E-state index in [-0.39, 0.29) is 6.61 Å². The predicted molar refractivity (Wildman–Crippen MR) is 69.2 cm³/mol. The minimum Gasteiger partial charge on any atom is -0.392 e. The van der Waals surface area contributed by atoms with Crippen LogP contribution in [-0.4, -0.2) is 21.5 Å². The van der Waals surface area contributed by atoms with E-state index in [2.05, 4.69) is 5.10 Å². The lowest BCUT2D eigenvalue weighted by Gasteiger charge is -2.03. The van der Waals surface area contributed by atoms with E-state index in [9.17, 15) is 0 Å². The number of rotatable bonds is 3. The van der Waals surface area contributed by atoms with Crippen LogP contribution < -0.4 is 0 Å². The van der Waals surface area contributed by atoms with Crippen LogP contribution in [0.2, 0.25) is 0 Å². The summed E-state index contributed by atoms with van der Waals surface area (Å²) >= 11 is 0. The van der Waals surface area contributed by atoms with E-state index in [0.717, 1.165) is 22.6 Å². The van der Waals surface area contributed by atoms with Crippen LogP contribution in [0.4, 0.5) is 0 Å². The summed E-state index contributed by atoms with van der Waals surface area (Å²) in [5, 5.41) is 13.3. The van der Waals surface area contributed by atoms with Crippen LogP contribution in [0.5, 0.6) is 0 Å². The maximum atomic E-state index is 8.82. The molecular formula is C14H16N2O.